The van der Waals surface area contributed by atoms with Crippen LogP contribution in [0.25, 0.3) is 0 Å². The maximum absolute atomic E-state index is 13.7. The zero-order valence-electron chi connectivity index (χ0n) is 14.7. The van der Waals surface area contributed by atoms with E-state index in [0.29, 0.717) is 6.07 Å². The van der Waals surface area contributed by atoms with Gasteiger partial charge >= 0.3 is 5.97 Å². The first-order valence-electron chi connectivity index (χ1n) is 7.66. The molecule has 2 aromatic rings. The van der Waals surface area contributed by atoms with Crippen molar-refractivity contribution in [3.05, 3.63) is 58.1 Å². The van der Waals surface area contributed by atoms with E-state index in [1.807, 2.05) is 0 Å². The molecular formula is C17H15BrF2N2O5S. The van der Waals surface area contributed by atoms with Crippen LogP contribution in [0.3, 0.4) is 0 Å². The van der Waals surface area contributed by atoms with Gasteiger partial charge in [-0.1, -0.05) is 0 Å². The molecule has 2 aromatic carbocycles. The topological polar surface area (TPSA) is 92.8 Å². The number of amides is 1. The Hall–Kier alpha value is -2.37. The second-order valence-corrected chi connectivity index (χ2v) is 8.69. The summed E-state index contributed by atoms with van der Waals surface area (Å²) in [6.45, 7) is -0.722. The second-order valence-electron chi connectivity index (χ2n) is 5.68. The van der Waals surface area contributed by atoms with Crippen molar-refractivity contribution in [2.75, 3.05) is 26.0 Å². The van der Waals surface area contributed by atoms with Crippen molar-refractivity contribution < 1.29 is 31.5 Å². The number of sulfonamides is 1. The van der Waals surface area contributed by atoms with E-state index in [2.05, 4.69) is 21.2 Å². The largest absolute Gasteiger partial charge is 0.452 e. The summed E-state index contributed by atoms with van der Waals surface area (Å²) in [5.41, 5.74) is -0.264. The number of carbonyl (C=O) groups is 2. The molecule has 0 bridgehead atoms. The third kappa shape index (κ3) is 5.12. The number of anilines is 1. The highest BCUT2D eigenvalue weighted by atomic mass is 79.9. The minimum atomic E-state index is -3.64. The zero-order valence-corrected chi connectivity index (χ0v) is 17.1. The fraction of sp³-hybridized carbons (Fsp3) is 0.176. The first-order valence-corrected chi connectivity index (χ1v) is 9.90. The molecule has 0 radical (unpaired) electrons. The van der Waals surface area contributed by atoms with Crippen LogP contribution in [0, 0.1) is 11.6 Å². The Balaban J connectivity index is 2.00. The van der Waals surface area contributed by atoms with Gasteiger partial charge in [0.2, 0.25) is 10.0 Å². The van der Waals surface area contributed by atoms with Gasteiger partial charge in [-0.15, -0.1) is 0 Å². The summed E-state index contributed by atoms with van der Waals surface area (Å²) in [5, 5.41) is 2.16. The van der Waals surface area contributed by atoms with Crippen molar-refractivity contribution in [2.24, 2.45) is 0 Å². The van der Waals surface area contributed by atoms with Crippen molar-refractivity contribution in [3.63, 3.8) is 0 Å². The molecule has 0 heterocycles. The monoisotopic (exact) mass is 476 g/mol. The molecule has 0 aliphatic carbocycles. The van der Waals surface area contributed by atoms with E-state index in [0.717, 1.165) is 10.4 Å². The Labute approximate surface area is 168 Å². The van der Waals surface area contributed by atoms with Crippen LogP contribution in [-0.4, -0.2) is 45.3 Å². The van der Waals surface area contributed by atoms with Crippen molar-refractivity contribution in [1.29, 1.82) is 0 Å². The van der Waals surface area contributed by atoms with Gasteiger partial charge in [-0.3, -0.25) is 4.79 Å². The molecule has 0 aliphatic rings. The van der Waals surface area contributed by atoms with Gasteiger partial charge in [0.25, 0.3) is 5.91 Å². The van der Waals surface area contributed by atoms with Crippen molar-refractivity contribution in [2.45, 2.75) is 4.90 Å². The number of hydrogen-bond donors (Lipinski definition) is 1. The van der Waals surface area contributed by atoms with E-state index >= 15 is 0 Å². The molecule has 28 heavy (non-hydrogen) atoms. The van der Waals surface area contributed by atoms with Gasteiger partial charge in [0.05, 0.1) is 16.1 Å². The van der Waals surface area contributed by atoms with Crippen LogP contribution in [0.15, 0.2) is 45.8 Å². The third-order valence-corrected chi connectivity index (χ3v) is 5.93. The second kappa shape index (κ2) is 8.76. The molecule has 11 heteroatoms. The number of esters is 1. The van der Waals surface area contributed by atoms with Crippen LogP contribution in [0.1, 0.15) is 10.4 Å². The van der Waals surface area contributed by atoms with Crippen LogP contribution in [0.5, 0.6) is 0 Å². The predicted molar refractivity (Wildman–Crippen MR) is 100 cm³/mol. The number of nitrogens with zero attached hydrogens (tertiary/aromatic N) is 1. The summed E-state index contributed by atoms with van der Waals surface area (Å²) in [7, 11) is -0.894. The maximum Gasteiger partial charge on any atom is 0.338 e. The fourth-order valence-corrected chi connectivity index (χ4v) is 3.43. The Morgan fingerprint density at radius 3 is 2.29 bits per heavy atom. The van der Waals surface area contributed by atoms with Crippen LogP contribution in [0.4, 0.5) is 14.5 Å². The van der Waals surface area contributed by atoms with Gasteiger partial charge in [0.1, 0.15) is 5.82 Å². The summed E-state index contributed by atoms with van der Waals surface area (Å²) in [6, 6.07) is 6.51. The number of carbonyl (C=O) groups excluding carboxylic acids is 2. The van der Waals surface area contributed by atoms with Crippen molar-refractivity contribution in [3.8, 4) is 0 Å². The summed E-state index contributed by atoms with van der Waals surface area (Å²) in [4.78, 5) is 23.8. The zero-order chi connectivity index (χ0) is 21.1. The highest BCUT2D eigenvalue weighted by Gasteiger charge is 2.19. The van der Waals surface area contributed by atoms with Crippen LogP contribution < -0.4 is 5.32 Å². The Morgan fingerprint density at radius 1 is 1.14 bits per heavy atom. The lowest BCUT2D eigenvalue weighted by atomic mass is 10.2. The summed E-state index contributed by atoms with van der Waals surface area (Å²) in [5.74, 6) is -3.54. The summed E-state index contributed by atoms with van der Waals surface area (Å²) in [6.07, 6.45) is 0. The number of benzene rings is 2. The minimum absolute atomic E-state index is 0.0107. The lowest BCUT2D eigenvalue weighted by Crippen LogP contribution is -2.23. The van der Waals surface area contributed by atoms with Gasteiger partial charge in [-0.05, 0) is 46.3 Å². The molecule has 2 rings (SSSR count). The number of hydrogen-bond acceptors (Lipinski definition) is 5. The molecule has 0 spiro atoms. The average Bonchev–Trinajstić information content (AvgIpc) is 2.62. The average molecular weight is 477 g/mol. The van der Waals surface area contributed by atoms with Crippen LogP contribution in [-0.2, 0) is 19.6 Å². The molecule has 0 saturated heterocycles. The minimum Gasteiger partial charge on any atom is -0.452 e. The first-order chi connectivity index (χ1) is 13.0. The number of ether oxygens (including phenoxy) is 1. The molecule has 0 unspecified atom stereocenters. The molecule has 0 aromatic heterocycles. The summed E-state index contributed by atoms with van der Waals surface area (Å²) < 4.78 is 56.5. The molecular weight excluding hydrogens is 462 g/mol. The van der Waals surface area contributed by atoms with Crippen LogP contribution in [0.2, 0.25) is 0 Å². The fourth-order valence-electron chi connectivity index (χ4n) is 2.03. The molecule has 0 atom stereocenters. The van der Waals surface area contributed by atoms with E-state index in [4.69, 9.17) is 4.74 Å². The van der Waals surface area contributed by atoms with Gasteiger partial charge in [-0.25, -0.2) is 26.3 Å². The SMILES string of the molecule is CN(C)S(=O)(=O)c1ccc(C(=O)OCC(=O)Nc2c(F)cc(F)cc2Br)cc1. The highest BCUT2D eigenvalue weighted by molar-refractivity contribution is 9.10. The number of nitrogens with one attached hydrogen (secondary N) is 1. The van der Waals surface area contributed by atoms with E-state index in [-0.39, 0.29) is 20.6 Å². The Bertz CT molecular complexity index is 988. The maximum atomic E-state index is 13.7. The molecule has 1 amide bonds. The first kappa shape index (κ1) is 21.9. The molecule has 0 saturated carbocycles. The quantitative estimate of drug-likeness (QED) is 0.647. The molecule has 0 fully saturated rings. The van der Waals surface area contributed by atoms with E-state index in [9.17, 15) is 26.8 Å². The molecule has 150 valence electrons. The number of halogens is 3. The lowest BCUT2D eigenvalue weighted by molar-refractivity contribution is -0.119. The molecule has 1 N–H and O–H groups in total. The van der Waals surface area contributed by atoms with Crippen molar-refractivity contribution in [1.82, 2.24) is 4.31 Å². The van der Waals surface area contributed by atoms with Crippen molar-refractivity contribution >= 4 is 43.5 Å². The van der Waals surface area contributed by atoms with Gasteiger partial charge in [0.15, 0.2) is 12.4 Å². The predicted octanol–water partition coefficient (Wildman–Crippen LogP) is 2.77. The highest BCUT2D eigenvalue weighted by Crippen LogP contribution is 2.26. The third-order valence-electron chi connectivity index (χ3n) is 3.47. The smallest absolute Gasteiger partial charge is 0.338 e. The van der Waals surface area contributed by atoms with E-state index in [1.165, 1.54) is 38.4 Å². The van der Waals surface area contributed by atoms with Gasteiger partial charge in [0, 0.05) is 24.6 Å². The van der Waals surface area contributed by atoms with Gasteiger partial charge in [-0.2, -0.15) is 0 Å². The van der Waals surface area contributed by atoms with E-state index in [1.54, 1.807) is 0 Å². The number of rotatable bonds is 6. The molecule has 7 nitrogen and oxygen atoms in total. The normalized spacial score (nSPS) is 11.4. The molecule has 0 aliphatic heterocycles. The summed E-state index contributed by atoms with van der Waals surface area (Å²) >= 11 is 2.92. The lowest BCUT2D eigenvalue weighted by Gasteiger charge is -2.12. The van der Waals surface area contributed by atoms with Crippen LogP contribution >= 0.6 is 15.9 Å². The Kier molecular flexibility index (Phi) is 6.86. The Morgan fingerprint density at radius 2 is 1.75 bits per heavy atom. The van der Waals surface area contributed by atoms with E-state index < -0.39 is 40.1 Å². The standard InChI is InChI=1S/C17H15BrF2N2O5S/c1-22(2)28(25,26)12-5-3-10(4-6-12)17(24)27-9-15(23)21-16-13(18)7-11(19)8-14(16)20/h3-8H,9H2,1-2H3,(H,21,23). The van der Waals surface area contributed by atoms with Gasteiger partial charge < -0.3 is 10.1 Å².